The van der Waals surface area contributed by atoms with Crippen LogP contribution < -0.4 is 10.0 Å². The highest BCUT2D eigenvalue weighted by Gasteiger charge is 2.26. The lowest BCUT2D eigenvalue weighted by atomic mass is 9.96. The molecule has 1 aliphatic heterocycles. The maximum atomic E-state index is 12.4. The molecule has 0 saturated carbocycles. The van der Waals surface area contributed by atoms with E-state index in [4.69, 9.17) is 0 Å². The van der Waals surface area contributed by atoms with Crippen molar-refractivity contribution in [1.29, 1.82) is 0 Å². The number of benzene rings is 1. The van der Waals surface area contributed by atoms with Crippen LogP contribution in [0.3, 0.4) is 0 Å². The molecule has 1 aliphatic rings. The van der Waals surface area contributed by atoms with Crippen LogP contribution in [0.25, 0.3) is 0 Å². The van der Waals surface area contributed by atoms with Crippen LogP contribution in [0.1, 0.15) is 18.9 Å². The molecule has 2 rings (SSSR count). The highest BCUT2D eigenvalue weighted by atomic mass is 79.9. The Morgan fingerprint density at radius 1 is 1.42 bits per heavy atom. The molecule has 1 fully saturated rings. The molecule has 0 bridgehead atoms. The van der Waals surface area contributed by atoms with Gasteiger partial charge < -0.3 is 5.32 Å². The number of nitrogens with one attached hydrogen (secondary N) is 2. The van der Waals surface area contributed by atoms with Gasteiger partial charge in [0.1, 0.15) is 0 Å². The predicted molar refractivity (Wildman–Crippen MR) is 79.6 cm³/mol. The molecule has 2 unspecified atom stereocenters. The maximum absolute atomic E-state index is 12.4. The maximum Gasteiger partial charge on any atom is 0.240 e. The van der Waals surface area contributed by atoms with Gasteiger partial charge in [-0.2, -0.15) is 0 Å². The van der Waals surface area contributed by atoms with Crippen LogP contribution in [-0.2, 0) is 10.0 Å². The Hall–Kier alpha value is -0.430. The van der Waals surface area contributed by atoms with E-state index >= 15 is 0 Å². The van der Waals surface area contributed by atoms with E-state index < -0.39 is 10.0 Å². The fraction of sp³-hybridized carbons (Fsp3) is 0.538. The Morgan fingerprint density at radius 3 is 2.79 bits per heavy atom. The van der Waals surface area contributed by atoms with E-state index in [1.54, 1.807) is 18.2 Å². The van der Waals surface area contributed by atoms with Crippen molar-refractivity contribution < 1.29 is 8.42 Å². The first kappa shape index (κ1) is 15.0. The molecule has 106 valence electrons. The third-order valence-electron chi connectivity index (χ3n) is 3.57. The lowest BCUT2D eigenvalue weighted by Gasteiger charge is -2.30. The van der Waals surface area contributed by atoms with E-state index in [2.05, 4.69) is 32.9 Å². The van der Waals surface area contributed by atoms with Gasteiger partial charge in [0.2, 0.25) is 10.0 Å². The molecule has 1 saturated heterocycles. The first-order valence-electron chi connectivity index (χ1n) is 6.39. The van der Waals surface area contributed by atoms with E-state index in [1.807, 2.05) is 6.92 Å². The van der Waals surface area contributed by atoms with Gasteiger partial charge in [0, 0.05) is 17.1 Å². The zero-order valence-corrected chi connectivity index (χ0v) is 13.5. The van der Waals surface area contributed by atoms with Crippen LogP contribution >= 0.6 is 15.9 Å². The van der Waals surface area contributed by atoms with Gasteiger partial charge >= 0.3 is 0 Å². The normalized spacial score (nSPS) is 24.4. The standard InChI is InChI=1S/C13H19BrN2O2S/c1-9-5-6-15-8-13(9)16-19(17,18)11-3-4-12(14)10(2)7-11/h3-4,7,9,13,15-16H,5-6,8H2,1-2H3. The lowest BCUT2D eigenvalue weighted by Crippen LogP contribution is -2.50. The molecule has 0 aliphatic carbocycles. The van der Waals surface area contributed by atoms with Crippen molar-refractivity contribution in [2.45, 2.75) is 31.2 Å². The second-order valence-corrected chi connectivity index (χ2v) is 7.68. The van der Waals surface area contributed by atoms with Crippen LogP contribution in [-0.4, -0.2) is 27.5 Å². The van der Waals surface area contributed by atoms with Crippen molar-refractivity contribution in [2.75, 3.05) is 13.1 Å². The number of halogens is 1. The first-order chi connectivity index (χ1) is 8.90. The van der Waals surface area contributed by atoms with Crippen LogP contribution in [0.15, 0.2) is 27.6 Å². The third-order valence-corrected chi connectivity index (χ3v) is 5.95. The molecule has 0 radical (unpaired) electrons. The number of piperidine rings is 1. The summed E-state index contributed by atoms with van der Waals surface area (Å²) < 4.78 is 28.4. The summed E-state index contributed by atoms with van der Waals surface area (Å²) in [5.74, 6) is 0.354. The van der Waals surface area contributed by atoms with Gasteiger partial charge in [-0.05, 0) is 49.6 Å². The Morgan fingerprint density at radius 2 is 2.16 bits per heavy atom. The van der Waals surface area contributed by atoms with Crippen LogP contribution in [0.4, 0.5) is 0 Å². The highest BCUT2D eigenvalue weighted by molar-refractivity contribution is 9.10. The van der Waals surface area contributed by atoms with Gasteiger partial charge in [-0.3, -0.25) is 0 Å². The molecule has 2 N–H and O–H groups in total. The van der Waals surface area contributed by atoms with E-state index in [9.17, 15) is 8.42 Å². The average molecular weight is 347 g/mol. The number of sulfonamides is 1. The molecule has 19 heavy (non-hydrogen) atoms. The van der Waals surface area contributed by atoms with Crippen LogP contribution in [0.5, 0.6) is 0 Å². The van der Waals surface area contributed by atoms with Gasteiger partial charge in [-0.15, -0.1) is 0 Å². The van der Waals surface area contributed by atoms with Crippen molar-refractivity contribution in [3.05, 3.63) is 28.2 Å². The van der Waals surface area contributed by atoms with Crippen molar-refractivity contribution in [2.24, 2.45) is 5.92 Å². The van der Waals surface area contributed by atoms with Crippen molar-refractivity contribution in [3.63, 3.8) is 0 Å². The summed E-state index contributed by atoms with van der Waals surface area (Å²) >= 11 is 3.38. The smallest absolute Gasteiger partial charge is 0.240 e. The summed E-state index contributed by atoms with van der Waals surface area (Å²) in [6, 6.07) is 5.04. The summed E-state index contributed by atoms with van der Waals surface area (Å²) in [6.07, 6.45) is 0.993. The number of aryl methyl sites for hydroxylation is 1. The molecule has 1 aromatic rings. The number of hydrogen-bond acceptors (Lipinski definition) is 3. The van der Waals surface area contributed by atoms with Gasteiger partial charge in [-0.1, -0.05) is 22.9 Å². The molecule has 1 aromatic carbocycles. The van der Waals surface area contributed by atoms with Crippen molar-refractivity contribution in [1.82, 2.24) is 10.0 Å². The number of rotatable bonds is 3. The summed E-state index contributed by atoms with van der Waals surface area (Å²) in [6.45, 7) is 5.61. The Balaban J connectivity index is 2.19. The minimum atomic E-state index is -3.44. The third kappa shape index (κ3) is 3.56. The van der Waals surface area contributed by atoms with E-state index in [-0.39, 0.29) is 6.04 Å². The van der Waals surface area contributed by atoms with E-state index in [0.29, 0.717) is 17.4 Å². The largest absolute Gasteiger partial charge is 0.315 e. The zero-order chi connectivity index (χ0) is 14.0. The molecule has 4 nitrogen and oxygen atoms in total. The summed E-state index contributed by atoms with van der Waals surface area (Å²) in [5, 5.41) is 3.23. The minimum Gasteiger partial charge on any atom is -0.315 e. The molecule has 0 amide bonds. The fourth-order valence-electron chi connectivity index (χ4n) is 2.20. The molecule has 6 heteroatoms. The average Bonchev–Trinajstić information content (AvgIpc) is 2.35. The molecular formula is C13H19BrN2O2S. The quantitative estimate of drug-likeness (QED) is 0.880. The topological polar surface area (TPSA) is 58.2 Å². The van der Waals surface area contributed by atoms with Crippen LogP contribution in [0, 0.1) is 12.8 Å². The van der Waals surface area contributed by atoms with Gasteiger partial charge in [0.05, 0.1) is 4.90 Å². The Labute approximate surface area is 123 Å². The molecule has 2 atom stereocenters. The van der Waals surface area contributed by atoms with E-state index in [1.165, 1.54) is 0 Å². The molecular weight excluding hydrogens is 328 g/mol. The summed E-state index contributed by atoms with van der Waals surface area (Å²) in [4.78, 5) is 0.325. The predicted octanol–water partition coefficient (Wildman–Crippen LogP) is 2.03. The SMILES string of the molecule is Cc1cc(S(=O)(=O)NC2CNCCC2C)ccc1Br. The summed E-state index contributed by atoms with van der Waals surface area (Å²) in [5.41, 5.74) is 0.915. The lowest BCUT2D eigenvalue weighted by molar-refractivity contribution is 0.327. The Kier molecular flexibility index (Phi) is 4.66. The van der Waals surface area contributed by atoms with E-state index in [0.717, 1.165) is 23.0 Å². The monoisotopic (exact) mass is 346 g/mol. The van der Waals surface area contributed by atoms with Crippen LogP contribution in [0.2, 0.25) is 0 Å². The first-order valence-corrected chi connectivity index (χ1v) is 8.67. The van der Waals surface area contributed by atoms with Gasteiger partial charge in [0.25, 0.3) is 0 Å². The second-order valence-electron chi connectivity index (χ2n) is 5.11. The summed E-state index contributed by atoms with van der Waals surface area (Å²) in [7, 11) is -3.44. The molecule has 1 heterocycles. The van der Waals surface area contributed by atoms with Crippen molar-refractivity contribution in [3.8, 4) is 0 Å². The minimum absolute atomic E-state index is 0.0392. The van der Waals surface area contributed by atoms with Crippen molar-refractivity contribution >= 4 is 26.0 Å². The molecule has 0 aromatic heterocycles. The fourth-order valence-corrected chi connectivity index (χ4v) is 3.88. The second kappa shape index (κ2) is 5.91. The Bertz CT molecular complexity index is 560. The van der Waals surface area contributed by atoms with Gasteiger partial charge in [-0.25, -0.2) is 13.1 Å². The highest BCUT2D eigenvalue weighted by Crippen LogP contribution is 2.21. The zero-order valence-electron chi connectivity index (χ0n) is 11.1. The van der Waals surface area contributed by atoms with Gasteiger partial charge in [0.15, 0.2) is 0 Å². The molecule has 0 spiro atoms. The number of hydrogen-bond donors (Lipinski definition) is 2.